The van der Waals surface area contributed by atoms with Crippen LogP contribution >= 0.6 is 0 Å². The molecule has 0 saturated carbocycles. The SMILES string of the molecule is CCC(C)N1C(=O)CC(NCC(C)OC)C1=O. The van der Waals surface area contributed by atoms with E-state index in [1.807, 2.05) is 20.8 Å². The van der Waals surface area contributed by atoms with Crippen LogP contribution in [0, 0.1) is 0 Å². The second-order valence-electron chi connectivity index (χ2n) is 4.57. The maximum Gasteiger partial charge on any atom is 0.247 e. The Bertz CT molecular complexity index is 293. The highest BCUT2D eigenvalue weighted by molar-refractivity contribution is 6.05. The van der Waals surface area contributed by atoms with Crippen LogP contribution in [0.25, 0.3) is 0 Å². The zero-order chi connectivity index (χ0) is 13.0. The summed E-state index contributed by atoms with van der Waals surface area (Å²) in [7, 11) is 1.62. The van der Waals surface area contributed by atoms with Crippen molar-refractivity contribution in [3.05, 3.63) is 0 Å². The van der Waals surface area contributed by atoms with E-state index < -0.39 is 0 Å². The molecule has 0 radical (unpaired) electrons. The maximum absolute atomic E-state index is 12.0. The predicted molar refractivity (Wildman–Crippen MR) is 64.5 cm³/mol. The topological polar surface area (TPSA) is 58.6 Å². The molecule has 3 unspecified atom stereocenters. The number of nitrogens with zero attached hydrogens (tertiary/aromatic N) is 1. The first kappa shape index (κ1) is 14.1. The Morgan fingerprint density at radius 3 is 2.65 bits per heavy atom. The monoisotopic (exact) mass is 242 g/mol. The van der Waals surface area contributed by atoms with Gasteiger partial charge >= 0.3 is 0 Å². The van der Waals surface area contributed by atoms with Crippen molar-refractivity contribution in [2.75, 3.05) is 13.7 Å². The fourth-order valence-corrected chi connectivity index (χ4v) is 1.85. The first-order valence-electron chi connectivity index (χ1n) is 6.13. The molecule has 1 saturated heterocycles. The second-order valence-corrected chi connectivity index (χ2v) is 4.57. The van der Waals surface area contributed by atoms with Crippen molar-refractivity contribution in [1.29, 1.82) is 0 Å². The van der Waals surface area contributed by atoms with Crippen molar-refractivity contribution < 1.29 is 14.3 Å². The predicted octanol–water partition coefficient (Wildman–Crippen LogP) is 0.537. The lowest BCUT2D eigenvalue weighted by atomic mass is 10.2. The molecule has 0 aliphatic carbocycles. The van der Waals surface area contributed by atoms with Crippen LogP contribution in [-0.2, 0) is 14.3 Å². The average Bonchev–Trinajstić information content (AvgIpc) is 2.60. The number of imide groups is 1. The molecule has 1 rings (SSSR count). The smallest absolute Gasteiger partial charge is 0.247 e. The summed E-state index contributed by atoms with van der Waals surface area (Å²) in [6.45, 7) is 6.37. The molecule has 1 heterocycles. The molecule has 3 atom stereocenters. The average molecular weight is 242 g/mol. The standard InChI is InChI=1S/C12H22N2O3/c1-5-8(2)14-11(15)6-10(12(14)16)13-7-9(3)17-4/h8-10,13H,5-7H2,1-4H3. The summed E-state index contributed by atoms with van der Waals surface area (Å²) in [6, 6.07) is -0.393. The van der Waals surface area contributed by atoms with E-state index >= 15 is 0 Å². The molecule has 1 N–H and O–H groups in total. The molecule has 0 bridgehead atoms. The van der Waals surface area contributed by atoms with Crippen LogP contribution in [0.15, 0.2) is 0 Å². The molecule has 0 aromatic carbocycles. The normalized spacial score (nSPS) is 24.2. The molecule has 2 amide bonds. The van der Waals surface area contributed by atoms with E-state index in [0.717, 1.165) is 6.42 Å². The number of likely N-dealkylation sites (tertiary alicyclic amines) is 1. The molecular weight excluding hydrogens is 220 g/mol. The van der Waals surface area contributed by atoms with Gasteiger partial charge in [0.1, 0.15) is 0 Å². The van der Waals surface area contributed by atoms with E-state index in [1.165, 1.54) is 4.90 Å². The molecule has 1 fully saturated rings. The second kappa shape index (κ2) is 6.12. The molecule has 1 aliphatic heterocycles. The molecule has 0 aromatic heterocycles. The van der Waals surface area contributed by atoms with Gasteiger partial charge in [-0.15, -0.1) is 0 Å². The van der Waals surface area contributed by atoms with Crippen LogP contribution in [0.1, 0.15) is 33.6 Å². The number of methoxy groups -OCH3 is 1. The Labute approximate surface area is 102 Å². The summed E-state index contributed by atoms with van der Waals surface area (Å²) in [5.74, 6) is -0.181. The van der Waals surface area contributed by atoms with Crippen molar-refractivity contribution in [2.24, 2.45) is 0 Å². The lowest BCUT2D eigenvalue weighted by Crippen LogP contribution is -2.44. The van der Waals surface area contributed by atoms with Crippen molar-refractivity contribution in [1.82, 2.24) is 10.2 Å². The first-order chi connectivity index (χ1) is 8.01. The third-order valence-corrected chi connectivity index (χ3v) is 3.27. The van der Waals surface area contributed by atoms with Gasteiger partial charge in [0, 0.05) is 19.7 Å². The van der Waals surface area contributed by atoms with Crippen molar-refractivity contribution in [3.63, 3.8) is 0 Å². The number of amides is 2. The van der Waals surface area contributed by atoms with Gasteiger partial charge in [-0.2, -0.15) is 0 Å². The minimum atomic E-state index is -0.380. The van der Waals surface area contributed by atoms with Gasteiger partial charge in [0.25, 0.3) is 0 Å². The molecule has 98 valence electrons. The molecule has 0 aromatic rings. The number of carbonyl (C=O) groups is 2. The Hall–Kier alpha value is -0.940. The van der Waals surface area contributed by atoms with E-state index in [4.69, 9.17) is 4.74 Å². The Morgan fingerprint density at radius 2 is 2.12 bits per heavy atom. The third-order valence-electron chi connectivity index (χ3n) is 3.27. The highest BCUT2D eigenvalue weighted by atomic mass is 16.5. The van der Waals surface area contributed by atoms with Crippen molar-refractivity contribution >= 4 is 11.8 Å². The van der Waals surface area contributed by atoms with Gasteiger partial charge in [-0.1, -0.05) is 6.92 Å². The van der Waals surface area contributed by atoms with Crippen LogP contribution in [0.2, 0.25) is 0 Å². The minimum absolute atomic E-state index is 0.0124. The van der Waals surface area contributed by atoms with Crippen LogP contribution < -0.4 is 5.32 Å². The highest BCUT2D eigenvalue weighted by Gasteiger charge is 2.40. The van der Waals surface area contributed by atoms with E-state index in [-0.39, 0.29) is 36.4 Å². The number of hydrogen-bond acceptors (Lipinski definition) is 4. The maximum atomic E-state index is 12.0. The quantitative estimate of drug-likeness (QED) is 0.691. The number of nitrogens with one attached hydrogen (secondary N) is 1. The molecular formula is C12H22N2O3. The molecule has 1 aliphatic rings. The summed E-state index contributed by atoms with van der Waals surface area (Å²) in [5.41, 5.74) is 0. The number of ether oxygens (including phenoxy) is 1. The molecule has 17 heavy (non-hydrogen) atoms. The lowest BCUT2D eigenvalue weighted by Gasteiger charge is -2.22. The highest BCUT2D eigenvalue weighted by Crippen LogP contribution is 2.17. The van der Waals surface area contributed by atoms with E-state index in [9.17, 15) is 9.59 Å². The van der Waals surface area contributed by atoms with Gasteiger partial charge in [-0.25, -0.2) is 0 Å². The van der Waals surface area contributed by atoms with E-state index in [1.54, 1.807) is 7.11 Å². The number of rotatable bonds is 6. The van der Waals surface area contributed by atoms with Gasteiger partial charge in [0.2, 0.25) is 11.8 Å². The molecule has 5 heteroatoms. The van der Waals surface area contributed by atoms with Crippen LogP contribution in [0.3, 0.4) is 0 Å². The third kappa shape index (κ3) is 3.26. The van der Waals surface area contributed by atoms with Crippen molar-refractivity contribution in [3.8, 4) is 0 Å². The minimum Gasteiger partial charge on any atom is -0.380 e. The van der Waals surface area contributed by atoms with Crippen LogP contribution in [0.4, 0.5) is 0 Å². The van der Waals surface area contributed by atoms with Crippen LogP contribution in [-0.4, -0.2) is 48.6 Å². The Balaban J connectivity index is 2.55. The largest absolute Gasteiger partial charge is 0.380 e. The Kier molecular flexibility index (Phi) is 5.08. The first-order valence-corrected chi connectivity index (χ1v) is 6.13. The summed E-state index contributed by atoms with van der Waals surface area (Å²) in [6.07, 6.45) is 1.09. The van der Waals surface area contributed by atoms with Gasteiger partial charge in [0.05, 0.1) is 18.6 Å². The van der Waals surface area contributed by atoms with Gasteiger partial charge < -0.3 is 10.1 Å². The fourth-order valence-electron chi connectivity index (χ4n) is 1.85. The number of carbonyl (C=O) groups excluding carboxylic acids is 2. The number of hydrogen-bond donors (Lipinski definition) is 1. The Morgan fingerprint density at radius 1 is 1.47 bits per heavy atom. The van der Waals surface area contributed by atoms with Crippen molar-refractivity contribution in [2.45, 2.75) is 51.8 Å². The zero-order valence-corrected chi connectivity index (χ0v) is 11.0. The van der Waals surface area contributed by atoms with Gasteiger partial charge in [0.15, 0.2) is 0 Å². The van der Waals surface area contributed by atoms with E-state index in [0.29, 0.717) is 6.54 Å². The summed E-state index contributed by atoms with van der Waals surface area (Å²) < 4.78 is 5.10. The van der Waals surface area contributed by atoms with Gasteiger partial charge in [-0.05, 0) is 20.3 Å². The van der Waals surface area contributed by atoms with E-state index in [2.05, 4.69) is 5.32 Å². The lowest BCUT2D eigenvalue weighted by molar-refractivity contribution is -0.141. The molecule has 0 spiro atoms. The van der Waals surface area contributed by atoms with Gasteiger partial charge in [-0.3, -0.25) is 14.5 Å². The fraction of sp³-hybridized carbons (Fsp3) is 0.833. The molecule has 5 nitrogen and oxygen atoms in total. The zero-order valence-electron chi connectivity index (χ0n) is 11.0. The summed E-state index contributed by atoms with van der Waals surface area (Å²) in [4.78, 5) is 25.1. The summed E-state index contributed by atoms with van der Waals surface area (Å²) in [5, 5.41) is 3.08. The summed E-state index contributed by atoms with van der Waals surface area (Å²) >= 11 is 0. The van der Waals surface area contributed by atoms with Crippen LogP contribution in [0.5, 0.6) is 0 Å².